The second-order valence-electron chi connectivity index (χ2n) is 8.27. The van der Waals surface area contributed by atoms with Crippen molar-refractivity contribution in [3.8, 4) is 0 Å². The Bertz CT molecular complexity index is 787. The number of H-pyrrole nitrogens is 1. The number of hydrogen-bond acceptors (Lipinski definition) is 4. The highest BCUT2D eigenvalue weighted by molar-refractivity contribution is 5.91. The van der Waals surface area contributed by atoms with Crippen LogP contribution in [0, 0.1) is 5.41 Å². The normalized spacial score (nSPS) is 32.7. The zero-order valence-electron chi connectivity index (χ0n) is 17.1. The Morgan fingerprint density at radius 3 is 2.48 bits per heavy atom. The first-order chi connectivity index (χ1) is 12.7. The molecule has 150 valence electrons. The molecule has 2 fully saturated rings. The Hall–Kier alpha value is -1.76. The zero-order valence-corrected chi connectivity index (χ0v) is 17.1. The predicted octanol–water partition coefficient (Wildman–Crippen LogP) is 4.99. The Morgan fingerprint density at radius 1 is 1.22 bits per heavy atom. The summed E-state index contributed by atoms with van der Waals surface area (Å²) < 4.78 is 28.8. The van der Waals surface area contributed by atoms with Crippen molar-refractivity contribution in [2.75, 3.05) is 11.9 Å². The minimum absolute atomic E-state index is 0.0222. The van der Waals surface area contributed by atoms with Gasteiger partial charge in [-0.25, -0.2) is 14.4 Å². The van der Waals surface area contributed by atoms with Crippen LogP contribution in [0.1, 0.15) is 65.9 Å². The van der Waals surface area contributed by atoms with Gasteiger partial charge in [0.2, 0.25) is 0 Å². The third kappa shape index (κ3) is 3.20. The molecule has 3 heterocycles. The van der Waals surface area contributed by atoms with Gasteiger partial charge in [-0.15, -0.1) is 9.60 Å². The van der Waals surface area contributed by atoms with Gasteiger partial charge >= 0.3 is 0 Å². The van der Waals surface area contributed by atoms with Gasteiger partial charge in [0.15, 0.2) is 0 Å². The first kappa shape index (κ1) is 20.0. The van der Waals surface area contributed by atoms with E-state index < -0.39 is 11.1 Å². The average Bonchev–Trinajstić information content (AvgIpc) is 2.91. The van der Waals surface area contributed by atoms with Crippen molar-refractivity contribution in [1.82, 2.24) is 20.1 Å². The molecule has 2 N–H and O–H groups in total. The summed E-state index contributed by atoms with van der Waals surface area (Å²) in [4.78, 5) is 11.8. The molecule has 1 saturated heterocycles. The molecule has 1 aliphatic heterocycles. The van der Waals surface area contributed by atoms with Gasteiger partial charge in [-0.1, -0.05) is 27.7 Å². The van der Waals surface area contributed by atoms with E-state index in [9.17, 15) is 8.87 Å². The summed E-state index contributed by atoms with van der Waals surface area (Å²) in [5, 5.41) is 5.06. The van der Waals surface area contributed by atoms with Gasteiger partial charge in [-0.3, -0.25) is 0 Å². The molecule has 2 aromatic heterocycles. The average molecular weight is 379 g/mol. The maximum atomic E-state index is 14.9. The van der Waals surface area contributed by atoms with Crippen LogP contribution >= 0.6 is 0 Å². The van der Waals surface area contributed by atoms with Crippen molar-refractivity contribution in [2.24, 2.45) is 5.41 Å². The lowest BCUT2D eigenvalue weighted by atomic mass is 10.0. The van der Waals surface area contributed by atoms with Gasteiger partial charge in [0, 0.05) is 36.2 Å². The molecule has 4 atom stereocenters. The number of fused-ring (bicyclic) bond motifs is 1. The van der Waals surface area contributed by atoms with E-state index in [2.05, 4.69) is 20.3 Å². The summed E-state index contributed by atoms with van der Waals surface area (Å²) in [7, 11) is 0. The van der Waals surface area contributed by atoms with E-state index in [1.807, 2.05) is 40.8 Å². The molecule has 0 bridgehead atoms. The summed E-state index contributed by atoms with van der Waals surface area (Å²) in [6.45, 7) is 11.7. The van der Waals surface area contributed by atoms with Crippen LogP contribution in [0.25, 0.3) is 11.0 Å². The van der Waals surface area contributed by atoms with Crippen LogP contribution < -0.4 is 5.32 Å². The third-order valence-corrected chi connectivity index (χ3v) is 6.40. The fraction of sp³-hybridized carbons (Fsp3) is 0.700. The highest BCUT2D eigenvalue weighted by Crippen LogP contribution is 2.70. The minimum Gasteiger partial charge on any atom is -0.365 e. The van der Waals surface area contributed by atoms with Crippen LogP contribution in [0.4, 0.5) is 14.7 Å². The van der Waals surface area contributed by atoms with Crippen molar-refractivity contribution in [3.63, 3.8) is 0 Å². The number of anilines is 1. The van der Waals surface area contributed by atoms with E-state index in [-0.39, 0.29) is 18.0 Å². The molecule has 2 aliphatic rings. The predicted molar refractivity (Wildman–Crippen MR) is 105 cm³/mol. The van der Waals surface area contributed by atoms with E-state index in [1.54, 1.807) is 6.92 Å². The molecule has 4 unspecified atom stereocenters. The number of nitrogens with one attached hydrogen (secondary N) is 2. The maximum Gasteiger partial charge on any atom is 0.143 e. The molecule has 0 aromatic carbocycles. The van der Waals surface area contributed by atoms with Crippen molar-refractivity contribution >= 4 is 16.9 Å². The Kier molecular flexibility index (Phi) is 5.18. The molecule has 0 radical (unpaired) electrons. The molecular weight excluding hydrogens is 348 g/mol. The second-order valence-corrected chi connectivity index (χ2v) is 8.27. The summed E-state index contributed by atoms with van der Waals surface area (Å²) >= 11 is 0. The van der Waals surface area contributed by atoms with Crippen molar-refractivity contribution < 1.29 is 8.87 Å². The van der Waals surface area contributed by atoms with E-state index in [0.717, 1.165) is 28.9 Å². The van der Waals surface area contributed by atoms with Crippen LogP contribution in [-0.2, 0) is 0 Å². The fourth-order valence-corrected chi connectivity index (χ4v) is 4.31. The summed E-state index contributed by atoms with van der Waals surface area (Å²) in [5.41, 5.74) is -0.0992. The lowest BCUT2D eigenvalue weighted by Gasteiger charge is -2.32. The van der Waals surface area contributed by atoms with Gasteiger partial charge < -0.3 is 10.3 Å². The largest absolute Gasteiger partial charge is 0.365 e. The Morgan fingerprint density at radius 2 is 1.89 bits per heavy atom. The number of hydrogen-bond donors (Lipinski definition) is 2. The van der Waals surface area contributed by atoms with Crippen LogP contribution in [0.3, 0.4) is 0 Å². The highest BCUT2D eigenvalue weighted by atomic mass is 19.2. The summed E-state index contributed by atoms with van der Waals surface area (Å²) in [6.07, 6.45) is 4.99. The summed E-state index contributed by atoms with van der Waals surface area (Å²) in [5.74, 6) is 0.456. The molecule has 27 heavy (non-hydrogen) atoms. The molecule has 5 nitrogen and oxygen atoms in total. The van der Waals surface area contributed by atoms with Crippen molar-refractivity contribution in [2.45, 2.75) is 78.1 Å². The van der Waals surface area contributed by atoms with Crippen molar-refractivity contribution in [3.05, 3.63) is 18.1 Å². The number of alkyl halides is 1. The standard InChI is InChI=1S/C18H25F2N5.C2H6/c1-10-5-6-11(8-25(10)20)24-16-13-12(7-21-15(13)22-9-23-16)14-17(2,3)18(14,4)19;1-2/h7,9-11,14H,5-6,8H2,1-4H3,(H2,21,22,23,24);1-2H3. The SMILES string of the molecule is CC.CC1CCC(Nc2ncnc3[nH]cc(C4C(C)(C)C4(C)F)c23)CN1F. The number of rotatable bonds is 3. The van der Waals surface area contributed by atoms with Crippen LogP contribution in [0.5, 0.6) is 0 Å². The fourth-order valence-electron chi connectivity index (χ4n) is 4.31. The van der Waals surface area contributed by atoms with Gasteiger partial charge in [0.25, 0.3) is 0 Å². The van der Waals surface area contributed by atoms with Crippen molar-refractivity contribution in [1.29, 1.82) is 0 Å². The molecule has 1 saturated carbocycles. The van der Waals surface area contributed by atoms with Gasteiger partial charge in [-0.2, -0.15) is 0 Å². The maximum absolute atomic E-state index is 14.9. The number of piperidine rings is 1. The Balaban J connectivity index is 0.00000102. The van der Waals surface area contributed by atoms with E-state index in [4.69, 9.17) is 0 Å². The first-order valence-electron chi connectivity index (χ1n) is 9.93. The number of halogens is 2. The lowest BCUT2D eigenvalue weighted by Crippen LogP contribution is -2.42. The number of aromatic amines is 1. The van der Waals surface area contributed by atoms with E-state index in [0.29, 0.717) is 18.0 Å². The lowest BCUT2D eigenvalue weighted by molar-refractivity contribution is -0.0406. The molecule has 7 heteroatoms. The first-order valence-corrected chi connectivity index (χ1v) is 9.93. The third-order valence-electron chi connectivity index (χ3n) is 6.40. The molecule has 4 rings (SSSR count). The molecule has 2 aromatic rings. The van der Waals surface area contributed by atoms with Crippen LogP contribution in [0.15, 0.2) is 12.5 Å². The highest BCUT2D eigenvalue weighted by Gasteiger charge is 2.70. The minimum atomic E-state index is -1.26. The van der Waals surface area contributed by atoms with Gasteiger partial charge in [-0.05, 0) is 32.3 Å². The van der Waals surface area contributed by atoms with E-state index >= 15 is 0 Å². The molecule has 1 aliphatic carbocycles. The summed E-state index contributed by atoms with van der Waals surface area (Å²) in [6, 6.07) is -0.0724. The quantitative estimate of drug-likeness (QED) is 0.738. The van der Waals surface area contributed by atoms with Gasteiger partial charge in [0.1, 0.15) is 23.5 Å². The Labute approximate surface area is 159 Å². The van der Waals surface area contributed by atoms with E-state index in [1.165, 1.54) is 6.33 Å². The molecular formula is C20H31F2N5. The number of aromatic nitrogens is 3. The second kappa shape index (κ2) is 7.00. The molecule has 0 spiro atoms. The topological polar surface area (TPSA) is 56.8 Å². The zero-order chi connectivity index (χ0) is 20.0. The van der Waals surface area contributed by atoms with Gasteiger partial charge in [0.05, 0.1) is 5.39 Å². The monoisotopic (exact) mass is 379 g/mol. The van der Waals surface area contributed by atoms with Crippen LogP contribution in [0.2, 0.25) is 0 Å². The smallest absolute Gasteiger partial charge is 0.143 e. The number of nitrogens with zero attached hydrogens (tertiary/aromatic N) is 3. The molecule has 0 amide bonds. The van der Waals surface area contributed by atoms with Crippen LogP contribution in [-0.4, -0.2) is 44.4 Å².